The lowest BCUT2D eigenvalue weighted by atomic mass is 9.93. The van der Waals surface area contributed by atoms with E-state index < -0.39 is 5.82 Å². The number of amides is 1. The monoisotopic (exact) mass is 328 g/mol. The molecule has 1 aliphatic heterocycles. The van der Waals surface area contributed by atoms with Crippen LogP contribution in [0, 0.1) is 11.7 Å². The summed E-state index contributed by atoms with van der Waals surface area (Å²) in [6.45, 7) is 2.07. The molecule has 1 aromatic carbocycles. The van der Waals surface area contributed by atoms with Crippen molar-refractivity contribution in [2.45, 2.75) is 19.3 Å². The summed E-state index contributed by atoms with van der Waals surface area (Å²) < 4.78 is 14.2. The molecule has 1 aliphatic rings. The van der Waals surface area contributed by atoms with E-state index in [1.807, 2.05) is 0 Å². The fourth-order valence-electron chi connectivity index (χ4n) is 2.50. The zero-order chi connectivity index (χ0) is 13.8. The molecule has 0 atom stereocenters. The lowest BCUT2D eigenvalue weighted by molar-refractivity contribution is 0.0683. The van der Waals surface area contributed by atoms with E-state index in [0.29, 0.717) is 30.0 Å². The third kappa shape index (κ3) is 3.34. The fraction of sp³-hybridized carbons (Fsp3) is 0.500. The van der Waals surface area contributed by atoms with Crippen LogP contribution in [0.2, 0.25) is 0 Å². The zero-order valence-electron chi connectivity index (χ0n) is 10.7. The number of rotatable bonds is 3. The number of piperidine rings is 1. The number of nitrogens with two attached hydrogens (primary N) is 1. The van der Waals surface area contributed by atoms with Gasteiger partial charge in [0.1, 0.15) is 5.82 Å². The van der Waals surface area contributed by atoms with Gasteiger partial charge in [0.15, 0.2) is 0 Å². The van der Waals surface area contributed by atoms with Gasteiger partial charge in [0, 0.05) is 13.1 Å². The summed E-state index contributed by atoms with van der Waals surface area (Å²) in [7, 11) is 0. The summed E-state index contributed by atoms with van der Waals surface area (Å²) in [5.74, 6) is -0.0945. The minimum absolute atomic E-state index is 0.145. The molecular formula is C14H18BrFN2O. The standard InChI is InChI=1S/C14H18BrFN2O/c15-12-3-1-2-11(13(12)16)14(19)18-8-5-10(4-7-17)6-9-18/h1-3,10H,4-9,17H2. The van der Waals surface area contributed by atoms with Gasteiger partial charge >= 0.3 is 0 Å². The minimum Gasteiger partial charge on any atom is -0.339 e. The molecule has 19 heavy (non-hydrogen) atoms. The van der Waals surface area contributed by atoms with Crippen LogP contribution in [0.5, 0.6) is 0 Å². The third-order valence-corrected chi connectivity index (χ3v) is 4.27. The van der Waals surface area contributed by atoms with Crippen molar-refractivity contribution >= 4 is 21.8 Å². The molecule has 5 heteroatoms. The van der Waals surface area contributed by atoms with Crippen LogP contribution >= 0.6 is 15.9 Å². The number of nitrogens with zero attached hydrogens (tertiary/aromatic N) is 1. The summed E-state index contributed by atoms with van der Waals surface area (Å²) in [4.78, 5) is 14.0. The van der Waals surface area contributed by atoms with Gasteiger partial charge in [-0.15, -0.1) is 0 Å². The molecular weight excluding hydrogens is 311 g/mol. The highest BCUT2D eigenvalue weighted by molar-refractivity contribution is 9.10. The number of carbonyl (C=O) groups excluding carboxylic acids is 1. The predicted octanol–water partition coefficient (Wildman–Crippen LogP) is 2.79. The molecule has 0 bridgehead atoms. The lowest BCUT2D eigenvalue weighted by Crippen LogP contribution is -2.39. The number of hydrogen-bond donors (Lipinski definition) is 1. The van der Waals surface area contributed by atoms with Crippen molar-refractivity contribution in [3.8, 4) is 0 Å². The average molecular weight is 329 g/mol. The summed E-state index contributed by atoms with van der Waals surface area (Å²) in [6, 6.07) is 4.82. The van der Waals surface area contributed by atoms with Crippen molar-refractivity contribution < 1.29 is 9.18 Å². The van der Waals surface area contributed by atoms with E-state index in [-0.39, 0.29) is 11.5 Å². The van der Waals surface area contributed by atoms with Crippen LogP contribution < -0.4 is 5.73 Å². The SMILES string of the molecule is NCCC1CCN(C(=O)c2cccc(Br)c2F)CC1. The second-order valence-electron chi connectivity index (χ2n) is 4.91. The molecule has 0 radical (unpaired) electrons. The number of carbonyl (C=O) groups is 1. The Morgan fingerprint density at radius 3 is 2.74 bits per heavy atom. The van der Waals surface area contributed by atoms with Crippen LogP contribution in [-0.4, -0.2) is 30.4 Å². The average Bonchev–Trinajstić information content (AvgIpc) is 2.42. The van der Waals surface area contributed by atoms with Gasteiger partial charge in [0.25, 0.3) is 5.91 Å². The van der Waals surface area contributed by atoms with Gasteiger partial charge < -0.3 is 10.6 Å². The number of benzene rings is 1. The van der Waals surface area contributed by atoms with Crippen molar-refractivity contribution in [1.29, 1.82) is 0 Å². The molecule has 1 saturated heterocycles. The molecule has 0 aromatic heterocycles. The van der Waals surface area contributed by atoms with Crippen LogP contribution in [0.3, 0.4) is 0 Å². The molecule has 2 rings (SSSR count). The molecule has 0 unspecified atom stereocenters. The molecule has 3 nitrogen and oxygen atoms in total. The maximum atomic E-state index is 13.9. The van der Waals surface area contributed by atoms with Gasteiger partial charge in [-0.05, 0) is 59.8 Å². The van der Waals surface area contributed by atoms with Gasteiger partial charge in [-0.3, -0.25) is 4.79 Å². The molecule has 0 saturated carbocycles. The van der Waals surface area contributed by atoms with Crippen LogP contribution in [0.25, 0.3) is 0 Å². The Balaban J connectivity index is 2.03. The van der Waals surface area contributed by atoms with E-state index in [0.717, 1.165) is 19.3 Å². The summed E-state index contributed by atoms with van der Waals surface area (Å²) in [5, 5.41) is 0. The Labute approximate surface area is 121 Å². The van der Waals surface area contributed by atoms with Crippen LogP contribution in [0.15, 0.2) is 22.7 Å². The zero-order valence-corrected chi connectivity index (χ0v) is 12.3. The highest BCUT2D eigenvalue weighted by Gasteiger charge is 2.25. The second kappa shape index (κ2) is 6.48. The quantitative estimate of drug-likeness (QED) is 0.927. The van der Waals surface area contributed by atoms with Crippen LogP contribution in [0.4, 0.5) is 4.39 Å². The summed E-state index contributed by atoms with van der Waals surface area (Å²) in [5.41, 5.74) is 5.69. The van der Waals surface area contributed by atoms with Gasteiger partial charge in [0.05, 0.1) is 10.0 Å². The minimum atomic E-state index is -0.475. The first kappa shape index (κ1) is 14.5. The number of likely N-dealkylation sites (tertiary alicyclic amines) is 1. The molecule has 1 fully saturated rings. The fourth-order valence-corrected chi connectivity index (χ4v) is 2.87. The summed E-state index contributed by atoms with van der Waals surface area (Å²) in [6.07, 6.45) is 2.92. The Morgan fingerprint density at radius 1 is 1.42 bits per heavy atom. The van der Waals surface area contributed by atoms with Gasteiger partial charge in [-0.1, -0.05) is 6.07 Å². The Hall–Kier alpha value is -0.940. The highest BCUT2D eigenvalue weighted by atomic mass is 79.9. The van der Waals surface area contributed by atoms with Crippen molar-refractivity contribution in [3.05, 3.63) is 34.1 Å². The third-order valence-electron chi connectivity index (χ3n) is 3.66. The first-order valence-corrected chi connectivity index (χ1v) is 7.36. The summed E-state index contributed by atoms with van der Waals surface area (Å²) >= 11 is 3.11. The Kier molecular flexibility index (Phi) is 4.93. The number of halogens is 2. The first-order valence-electron chi connectivity index (χ1n) is 6.57. The van der Waals surface area contributed by atoms with Crippen molar-refractivity contribution in [1.82, 2.24) is 4.90 Å². The van der Waals surface area contributed by atoms with Crippen molar-refractivity contribution in [2.24, 2.45) is 11.7 Å². The van der Waals surface area contributed by atoms with E-state index in [4.69, 9.17) is 5.73 Å². The van der Waals surface area contributed by atoms with E-state index in [1.54, 1.807) is 17.0 Å². The Bertz CT molecular complexity index is 459. The van der Waals surface area contributed by atoms with Crippen molar-refractivity contribution in [2.75, 3.05) is 19.6 Å². The molecule has 0 spiro atoms. The molecule has 0 aliphatic carbocycles. The number of hydrogen-bond acceptors (Lipinski definition) is 2. The van der Waals surface area contributed by atoms with Gasteiger partial charge in [-0.25, -0.2) is 4.39 Å². The first-order chi connectivity index (χ1) is 9.13. The second-order valence-corrected chi connectivity index (χ2v) is 5.77. The maximum Gasteiger partial charge on any atom is 0.256 e. The lowest BCUT2D eigenvalue weighted by Gasteiger charge is -2.32. The van der Waals surface area contributed by atoms with Gasteiger partial charge in [-0.2, -0.15) is 0 Å². The highest BCUT2D eigenvalue weighted by Crippen LogP contribution is 2.24. The maximum absolute atomic E-state index is 13.9. The molecule has 1 heterocycles. The molecule has 104 valence electrons. The van der Waals surface area contributed by atoms with E-state index in [2.05, 4.69) is 15.9 Å². The smallest absolute Gasteiger partial charge is 0.256 e. The topological polar surface area (TPSA) is 46.3 Å². The van der Waals surface area contributed by atoms with E-state index >= 15 is 0 Å². The largest absolute Gasteiger partial charge is 0.339 e. The van der Waals surface area contributed by atoms with E-state index in [9.17, 15) is 9.18 Å². The van der Waals surface area contributed by atoms with Crippen molar-refractivity contribution in [3.63, 3.8) is 0 Å². The molecule has 1 aromatic rings. The van der Waals surface area contributed by atoms with Crippen LogP contribution in [-0.2, 0) is 0 Å². The van der Waals surface area contributed by atoms with E-state index in [1.165, 1.54) is 6.07 Å². The molecule has 2 N–H and O–H groups in total. The molecule has 1 amide bonds. The Morgan fingerprint density at radius 2 is 2.11 bits per heavy atom. The van der Waals surface area contributed by atoms with Gasteiger partial charge in [0.2, 0.25) is 0 Å². The predicted molar refractivity (Wildman–Crippen MR) is 76.4 cm³/mol. The normalized spacial score (nSPS) is 16.7. The van der Waals surface area contributed by atoms with Crippen LogP contribution in [0.1, 0.15) is 29.6 Å².